The van der Waals surface area contributed by atoms with Crippen molar-refractivity contribution in [2.24, 2.45) is 0 Å². The molecular formula is C16H10FNO4. The highest BCUT2D eigenvalue weighted by Crippen LogP contribution is 2.13. The number of non-ortho nitro benzene ring substituents is 1. The lowest BCUT2D eigenvalue weighted by Crippen LogP contribution is -2.02. The lowest BCUT2D eigenvalue weighted by molar-refractivity contribution is -0.384. The van der Waals surface area contributed by atoms with Crippen molar-refractivity contribution in [1.82, 2.24) is 0 Å². The monoisotopic (exact) mass is 299 g/mol. The molecule has 22 heavy (non-hydrogen) atoms. The molecule has 0 bridgehead atoms. The molecule has 0 amide bonds. The number of carbonyl (C=O) groups excluding carboxylic acids is 1. The normalized spacial score (nSPS) is 9.55. The third-order valence-electron chi connectivity index (χ3n) is 2.81. The second-order valence-electron chi connectivity index (χ2n) is 4.24. The Morgan fingerprint density at radius 1 is 1.18 bits per heavy atom. The van der Waals surface area contributed by atoms with E-state index in [-0.39, 0.29) is 16.8 Å². The van der Waals surface area contributed by atoms with Crippen LogP contribution < -0.4 is 0 Å². The van der Waals surface area contributed by atoms with Crippen molar-refractivity contribution >= 4 is 11.7 Å². The highest BCUT2D eigenvalue weighted by molar-refractivity contribution is 5.89. The quantitative estimate of drug-likeness (QED) is 0.370. The summed E-state index contributed by atoms with van der Waals surface area (Å²) in [6.07, 6.45) is 0. The first-order chi connectivity index (χ1) is 10.5. The Balaban J connectivity index is 2.24. The van der Waals surface area contributed by atoms with Gasteiger partial charge in [0.1, 0.15) is 5.82 Å². The fourth-order valence-corrected chi connectivity index (χ4v) is 1.67. The number of hydrogen-bond acceptors (Lipinski definition) is 4. The highest BCUT2D eigenvalue weighted by atomic mass is 19.1. The van der Waals surface area contributed by atoms with Gasteiger partial charge in [-0.1, -0.05) is 11.8 Å². The number of methoxy groups -OCH3 is 1. The molecule has 5 nitrogen and oxygen atoms in total. The summed E-state index contributed by atoms with van der Waals surface area (Å²) in [6, 6.07) is 9.43. The Bertz CT molecular complexity index is 788. The fourth-order valence-electron chi connectivity index (χ4n) is 1.67. The van der Waals surface area contributed by atoms with Gasteiger partial charge in [0.15, 0.2) is 0 Å². The Kier molecular flexibility index (Phi) is 4.49. The first-order valence-electron chi connectivity index (χ1n) is 6.15. The van der Waals surface area contributed by atoms with Gasteiger partial charge in [0.25, 0.3) is 5.69 Å². The van der Waals surface area contributed by atoms with Crippen LogP contribution in [0, 0.1) is 27.8 Å². The van der Waals surface area contributed by atoms with Crippen LogP contribution >= 0.6 is 0 Å². The van der Waals surface area contributed by atoms with E-state index in [0.29, 0.717) is 5.56 Å². The van der Waals surface area contributed by atoms with Crippen LogP contribution in [0.15, 0.2) is 42.5 Å². The minimum Gasteiger partial charge on any atom is -0.465 e. The molecular weight excluding hydrogens is 289 g/mol. The largest absolute Gasteiger partial charge is 0.465 e. The van der Waals surface area contributed by atoms with E-state index >= 15 is 0 Å². The van der Waals surface area contributed by atoms with Crippen molar-refractivity contribution in [3.05, 3.63) is 75.1 Å². The maximum atomic E-state index is 13.8. The van der Waals surface area contributed by atoms with Crippen molar-refractivity contribution in [3.63, 3.8) is 0 Å². The van der Waals surface area contributed by atoms with E-state index < -0.39 is 16.7 Å². The molecule has 0 spiro atoms. The van der Waals surface area contributed by atoms with Crippen LogP contribution in [-0.2, 0) is 4.74 Å². The summed E-state index contributed by atoms with van der Waals surface area (Å²) in [5.74, 6) is 4.04. The van der Waals surface area contributed by atoms with Crippen LogP contribution in [0.4, 0.5) is 10.1 Å². The molecule has 0 saturated heterocycles. The van der Waals surface area contributed by atoms with Gasteiger partial charge in [-0.2, -0.15) is 0 Å². The maximum absolute atomic E-state index is 13.8. The third kappa shape index (κ3) is 3.46. The van der Waals surface area contributed by atoms with Gasteiger partial charge in [-0.05, 0) is 30.3 Å². The summed E-state index contributed by atoms with van der Waals surface area (Å²) in [4.78, 5) is 21.3. The molecule has 0 aliphatic rings. The molecule has 0 saturated carbocycles. The molecule has 0 atom stereocenters. The van der Waals surface area contributed by atoms with Gasteiger partial charge >= 0.3 is 5.97 Å². The van der Waals surface area contributed by atoms with Gasteiger partial charge in [-0.15, -0.1) is 0 Å². The number of benzene rings is 2. The predicted octanol–water partition coefficient (Wildman–Crippen LogP) is 2.92. The van der Waals surface area contributed by atoms with E-state index in [9.17, 15) is 19.3 Å². The van der Waals surface area contributed by atoms with Gasteiger partial charge in [-0.3, -0.25) is 10.1 Å². The Labute approximate surface area is 125 Å². The number of halogens is 1. The van der Waals surface area contributed by atoms with Crippen LogP contribution in [0.1, 0.15) is 21.5 Å². The predicted molar refractivity (Wildman–Crippen MR) is 76.8 cm³/mol. The Morgan fingerprint density at radius 2 is 1.86 bits per heavy atom. The van der Waals surface area contributed by atoms with Gasteiger partial charge < -0.3 is 4.74 Å². The van der Waals surface area contributed by atoms with Gasteiger partial charge in [-0.25, -0.2) is 9.18 Å². The SMILES string of the molecule is COC(=O)c1ccc(C#Cc2ccc([N+](=O)[O-])cc2)c(F)c1. The van der Waals surface area contributed by atoms with Crippen molar-refractivity contribution in [1.29, 1.82) is 0 Å². The average molecular weight is 299 g/mol. The number of nitro groups is 1. The van der Waals surface area contributed by atoms with Crippen LogP contribution in [0.3, 0.4) is 0 Å². The minimum atomic E-state index is -0.641. The van der Waals surface area contributed by atoms with E-state index in [2.05, 4.69) is 16.6 Å². The Hall–Kier alpha value is -3.20. The first-order valence-corrected chi connectivity index (χ1v) is 6.15. The summed E-state index contributed by atoms with van der Waals surface area (Å²) in [7, 11) is 1.21. The number of hydrogen-bond donors (Lipinski definition) is 0. The Morgan fingerprint density at radius 3 is 2.41 bits per heavy atom. The van der Waals surface area contributed by atoms with Crippen LogP contribution in [-0.4, -0.2) is 18.0 Å². The van der Waals surface area contributed by atoms with Gasteiger partial charge in [0.05, 0.1) is 23.2 Å². The second-order valence-corrected chi connectivity index (χ2v) is 4.24. The first kappa shape index (κ1) is 15.2. The zero-order valence-corrected chi connectivity index (χ0v) is 11.5. The molecule has 0 aromatic heterocycles. The lowest BCUT2D eigenvalue weighted by atomic mass is 10.1. The van der Waals surface area contributed by atoms with Gasteiger partial charge in [0.2, 0.25) is 0 Å². The summed E-state index contributed by atoms with van der Waals surface area (Å²) >= 11 is 0. The number of nitrogens with zero attached hydrogens (tertiary/aromatic N) is 1. The second kappa shape index (κ2) is 6.50. The molecule has 2 aromatic carbocycles. The summed E-state index contributed by atoms with van der Waals surface area (Å²) in [5, 5.41) is 10.5. The molecule has 2 aromatic rings. The molecule has 2 rings (SSSR count). The lowest BCUT2D eigenvalue weighted by Gasteiger charge is -2.00. The van der Waals surface area contributed by atoms with Crippen LogP contribution in [0.25, 0.3) is 0 Å². The molecule has 0 aliphatic carbocycles. The minimum absolute atomic E-state index is 0.0424. The zero-order chi connectivity index (χ0) is 16.1. The van der Waals surface area contributed by atoms with E-state index in [1.54, 1.807) is 0 Å². The van der Waals surface area contributed by atoms with Crippen LogP contribution in [0.5, 0.6) is 0 Å². The standard InChI is InChI=1S/C16H10FNO4/c1-22-16(19)13-7-6-12(15(17)10-13)5-2-11-3-8-14(9-4-11)18(20)21/h3-4,6-10H,1H3. The fraction of sp³-hybridized carbons (Fsp3) is 0.0625. The average Bonchev–Trinajstić information content (AvgIpc) is 2.53. The van der Waals surface area contributed by atoms with E-state index in [1.165, 1.54) is 43.5 Å². The number of rotatable bonds is 2. The number of nitro benzene ring substituents is 1. The smallest absolute Gasteiger partial charge is 0.337 e. The molecule has 0 N–H and O–H groups in total. The molecule has 0 heterocycles. The van der Waals surface area contributed by atoms with E-state index in [0.717, 1.165) is 6.07 Å². The molecule has 0 fully saturated rings. The summed E-state index contributed by atoms with van der Waals surface area (Å²) < 4.78 is 18.3. The summed E-state index contributed by atoms with van der Waals surface area (Å²) in [5.41, 5.74) is 0.688. The van der Waals surface area contributed by atoms with Crippen molar-refractivity contribution in [3.8, 4) is 11.8 Å². The molecule has 0 aliphatic heterocycles. The maximum Gasteiger partial charge on any atom is 0.337 e. The van der Waals surface area contributed by atoms with Crippen LogP contribution in [0.2, 0.25) is 0 Å². The number of ether oxygens (including phenoxy) is 1. The van der Waals surface area contributed by atoms with E-state index in [1.807, 2.05) is 0 Å². The van der Waals surface area contributed by atoms with Crippen molar-refractivity contribution in [2.45, 2.75) is 0 Å². The summed E-state index contributed by atoms with van der Waals surface area (Å²) in [6.45, 7) is 0. The highest BCUT2D eigenvalue weighted by Gasteiger charge is 2.08. The van der Waals surface area contributed by atoms with Crippen molar-refractivity contribution < 1.29 is 18.8 Å². The molecule has 0 unspecified atom stereocenters. The molecule has 0 radical (unpaired) electrons. The number of carbonyl (C=O) groups is 1. The topological polar surface area (TPSA) is 69.4 Å². The van der Waals surface area contributed by atoms with Crippen molar-refractivity contribution in [2.75, 3.05) is 7.11 Å². The third-order valence-corrected chi connectivity index (χ3v) is 2.81. The molecule has 110 valence electrons. The van der Waals surface area contributed by atoms with Gasteiger partial charge in [0, 0.05) is 17.7 Å². The number of esters is 1. The molecule has 6 heteroatoms. The zero-order valence-electron chi connectivity index (χ0n) is 11.5. The van der Waals surface area contributed by atoms with E-state index in [4.69, 9.17) is 0 Å².